The standard InChI is InChI=1S/C26H38ClN3O4S/c1-2-3-4-5-6-7-8-9-10-11-18-34-23(31)19-22-25(33)28-16-17-30(22)26(35)29-24(32)20-12-14-21(27)15-13-20/h12-15,22H,2-11,16-19H2,1H3,(H,28,33)(H,29,32,35). The molecule has 0 spiro atoms. The van der Waals surface area contributed by atoms with Crippen LogP contribution in [0.2, 0.25) is 5.02 Å². The Morgan fingerprint density at radius 3 is 2.29 bits per heavy atom. The van der Waals surface area contributed by atoms with Crippen molar-refractivity contribution in [2.24, 2.45) is 0 Å². The highest BCUT2D eigenvalue weighted by Crippen LogP contribution is 2.14. The summed E-state index contributed by atoms with van der Waals surface area (Å²) in [5.41, 5.74) is 0.394. The highest BCUT2D eigenvalue weighted by molar-refractivity contribution is 7.80. The summed E-state index contributed by atoms with van der Waals surface area (Å²) in [5, 5.41) is 6.02. The first kappa shape index (κ1) is 29.0. The van der Waals surface area contributed by atoms with E-state index in [1.807, 2.05) is 0 Å². The number of thiocarbonyl (C=S) groups is 1. The molecule has 0 aliphatic carbocycles. The second kappa shape index (κ2) is 16.5. The Hall–Kier alpha value is -2.19. The minimum absolute atomic E-state index is 0.104. The first-order valence-electron chi connectivity index (χ1n) is 12.7. The summed E-state index contributed by atoms with van der Waals surface area (Å²) in [6, 6.07) is 5.59. The van der Waals surface area contributed by atoms with Gasteiger partial charge in [-0.3, -0.25) is 19.7 Å². The van der Waals surface area contributed by atoms with E-state index in [9.17, 15) is 14.4 Å². The molecular formula is C26H38ClN3O4S. The van der Waals surface area contributed by atoms with E-state index < -0.39 is 17.9 Å². The predicted molar refractivity (Wildman–Crippen MR) is 142 cm³/mol. The van der Waals surface area contributed by atoms with Crippen LogP contribution in [0.25, 0.3) is 0 Å². The van der Waals surface area contributed by atoms with Crippen molar-refractivity contribution in [3.63, 3.8) is 0 Å². The number of unbranched alkanes of at least 4 members (excludes halogenated alkanes) is 9. The second-order valence-corrected chi connectivity index (χ2v) is 9.70. The predicted octanol–water partition coefficient (Wildman–Crippen LogP) is 5.01. The lowest BCUT2D eigenvalue weighted by atomic mass is 10.1. The van der Waals surface area contributed by atoms with E-state index >= 15 is 0 Å². The molecular weight excluding hydrogens is 486 g/mol. The maximum Gasteiger partial charge on any atom is 0.308 e. The van der Waals surface area contributed by atoms with Crippen molar-refractivity contribution >= 4 is 46.7 Å². The van der Waals surface area contributed by atoms with E-state index in [0.29, 0.717) is 30.3 Å². The molecule has 1 unspecified atom stereocenters. The average molecular weight is 524 g/mol. The second-order valence-electron chi connectivity index (χ2n) is 8.87. The molecule has 9 heteroatoms. The summed E-state index contributed by atoms with van der Waals surface area (Å²) in [4.78, 5) is 38.9. The van der Waals surface area contributed by atoms with Gasteiger partial charge < -0.3 is 15.0 Å². The van der Waals surface area contributed by atoms with Crippen LogP contribution in [0.3, 0.4) is 0 Å². The van der Waals surface area contributed by atoms with Crippen LogP contribution in [0.1, 0.15) is 87.9 Å². The molecule has 1 aliphatic rings. The number of carbonyl (C=O) groups is 3. The molecule has 0 saturated carbocycles. The van der Waals surface area contributed by atoms with Gasteiger partial charge in [0.2, 0.25) is 5.91 Å². The summed E-state index contributed by atoms with van der Waals surface area (Å²) >= 11 is 11.2. The number of halogens is 1. The molecule has 1 aliphatic heterocycles. The van der Waals surface area contributed by atoms with Crippen molar-refractivity contribution < 1.29 is 19.1 Å². The Balaban J connectivity index is 1.70. The number of esters is 1. The summed E-state index contributed by atoms with van der Waals surface area (Å²) in [6.45, 7) is 3.34. The lowest BCUT2D eigenvalue weighted by Gasteiger charge is -2.36. The van der Waals surface area contributed by atoms with Gasteiger partial charge in [0, 0.05) is 23.7 Å². The maximum absolute atomic E-state index is 12.5. The minimum Gasteiger partial charge on any atom is -0.466 e. The van der Waals surface area contributed by atoms with Gasteiger partial charge in [-0.1, -0.05) is 76.3 Å². The number of piperazine rings is 1. The van der Waals surface area contributed by atoms with Crippen LogP contribution < -0.4 is 10.6 Å². The molecule has 1 aromatic carbocycles. The van der Waals surface area contributed by atoms with Gasteiger partial charge in [0.15, 0.2) is 5.11 Å². The molecule has 0 bridgehead atoms. The molecule has 1 fully saturated rings. The van der Waals surface area contributed by atoms with Crippen LogP contribution in [0, 0.1) is 0 Å². The monoisotopic (exact) mass is 523 g/mol. The SMILES string of the molecule is CCCCCCCCCCCCOC(=O)CC1C(=O)NCCN1C(=S)NC(=O)c1ccc(Cl)cc1. The van der Waals surface area contributed by atoms with Gasteiger partial charge in [-0.15, -0.1) is 0 Å². The van der Waals surface area contributed by atoms with Crippen LogP contribution in [-0.2, 0) is 14.3 Å². The third-order valence-electron chi connectivity index (χ3n) is 6.04. The molecule has 0 radical (unpaired) electrons. The number of nitrogens with zero attached hydrogens (tertiary/aromatic N) is 1. The molecule has 7 nitrogen and oxygen atoms in total. The topological polar surface area (TPSA) is 87.7 Å². The lowest BCUT2D eigenvalue weighted by Crippen LogP contribution is -2.60. The smallest absolute Gasteiger partial charge is 0.308 e. The number of hydrogen-bond donors (Lipinski definition) is 2. The van der Waals surface area contributed by atoms with Crippen LogP contribution in [0.4, 0.5) is 0 Å². The van der Waals surface area contributed by atoms with E-state index in [1.165, 1.54) is 44.9 Å². The zero-order valence-electron chi connectivity index (χ0n) is 20.7. The fraction of sp³-hybridized carbons (Fsp3) is 0.615. The quantitative estimate of drug-likeness (QED) is 0.202. The number of amides is 2. The van der Waals surface area contributed by atoms with E-state index in [1.54, 1.807) is 29.2 Å². The Labute approximate surface area is 219 Å². The third-order valence-corrected chi connectivity index (χ3v) is 6.63. The molecule has 35 heavy (non-hydrogen) atoms. The zero-order valence-corrected chi connectivity index (χ0v) is 22.2. The van der Waals surface area contributed by atoms with Crippen molar-refractivity contribution in [1.82, 2.24) is 15.5 Å². The molecule has 1 atom stereocenters. The molecule has 1 heterocycles. The fourth-order valence-corrected chi connectivity index (χ4v) is 4.43. The number of carbonyl (C=O) groups excluding carboxylic acids is 3. The number of hydrogen-bond acceptors (Lipinski definition) is 5. The molecule has 194 valence electrons. The van der Waals surface area contributed by atoms with Crippen molar-refractivity contribution in [3.05, 3.63) is 34.9 Å². The molecule has 1 aromatic rings. The third kappa shape index (κ3) is 10.9. The summed E-state index contributed by atoms with van der Waals surface area (Å²) in [7, 11) is 0. The minimum atomic E-state index is -0.818. The summed E-state index contributed by atoms with van der Waals surface area (Å²) in [5.74, 6) is -1.16. The van der Waals surface area contributed by atoms with Crippen molar-refractivity contribution in [2.45, 2.75) is 83.6 Å². The van der Waals surface area contributed by atoms with E-state index in [2.05, 4.69) is 17.6 Å². The molecule has 2 N–H and O–H groups in total. The van der Waals surface area contributed by atoms with Gasteiger partial charge in [-0.05, 0) is 42.9 Å². The van der Waals surface area contributed by atoms with Crippen LogP contribution in [0.5, 0.6) is 0 Å². The van der Waals surface area contributed by atoms with E-state index in [4.69, 9.17) is 28.6 Å². The Kier molecular flexibility index (Phi) is 13.7. The van der Waals surface area contributed by atoms with E-state index in [-0.39, 0.29) is 17.4 Å². The summed E-state index contributed by atoms with van der Waals surface area (Å²) in [6.07, 6.45) is 11.9. The molecule has 0 aromatic heterocycles. The maximum atomic E-state index is 12.5. The molecule has 2 rings (SSSR count). The zero-order chi connectivity index (χ0) is 25.5. The van der Waals surface area contributed by atoms with Crippen molar-refractivity contribution in [1.29, 1.82) is 0 Å². The molecule has 1 saturated heterocycles. The van der Waals surface area contributed by atoms with Crippen LogP contribution in [-0.4, -0.2) is 53.5 Å². The largest absolute Gasteiger partial charge is 0.466 e. The first-order valence-corrected chi connectivity index (χ1v) is 13.5. The number of ether oxygens (including phenoxy) is 1. The highest BCUT2D eigenvalue weighted by Gasteiger charge is 2.34. The lowest BCUT2D eigenvalue weighted by molar-refractivity contribution is -0.147. The Bertz CT molecular complexity index is 834. The van der Waals surface area contributed by atoms with Gasteiger partial charge in [0.25, 0.3) is 5.91 Å². The molecule has 2 amide bonds. The average Bonchev–Trinajstić information content (AvgIpc) is 2.84. The van der Waals surface area contributed by atoms with Crippen LogP contribution in [0.15, 0.2) is 24.3 Å². The van der Waals surface area contributed by atoms with E-state index in [0.717, 1.165) is 19.3 Å². The summed E-state index contributed by atoms with van der Waals surface area (Å²) < 4.78 is 5.37. The Morgan fingerprint density at radius 2 is 1.66 bits per heavy atom. The fourth-order valence-electron chi connectivity index (χ4n) is 4.00. The number of benzene rings is 1. The van der Waals surface area contributed by atoms with Gasteiger partial charge in [-0.25, -0.2) is 0 Å². The van der Waals surface area contributed by atoms with Gasteiger partial charge in [0.1, 0.15) is 6.04 Å². The van der Waals surface area contributed by atoms with Gasteiger partial charge in [0.05, 0.1) is 13.0 Å². The van der Waals surface area contributed by atoms with Gasteiger partial charge in [-0.2, -0.15) is 0 Å². The normalized spacial score (nSPS) is 15.4. The first-order chi connectivity index (χ1) is 16.9. The number of rotatable bonds is 14. The number of nitrogens with one attached hydrogen (secondary N) is 2. The Morgan fingerprint density at radius 1 is 1.06 bits per heavy atom. The van der Waals surface area contributed by atoms with Crippen molar-refractivity contribution in [2.75, 3.05) is 19.7 Å². The van der Waals surface area contributed by atoms with Crippen molar-refractivity contribution in [3.8, 4) is 0 Å². The van der Waals surface area contributed by atoms with Crippen LogP contribution >= 0.6 is 23.8 Å². The van der Waals surface area contributed by atoms with Gasteiger partial charge >= 0.3 is 5.97 Å². The highest BCUT2D eigenvalue weighted by atomic mass is 35.5.